The van der Waals surface area contributed by atoms with Crippen LogP contribution < -0.4 is 15.5 Å². The van der Waals surface area contributed by atoms with Gasteiger partial charge in [0.2, 0.25) is 0 Å². The second kappa shape index (κ2) is 5.63. The highest BCUT2D eigenvalue weighted by molar-refractivity contribution is 6.46. The molecule has 0 aromatic heterocycles. The highest BCUT2D eigenvalue weighted by Gasteiger charge is 2.26. The summed E-state index contributed by atoms with van der Waals surface area (Å²) in [6, 6.07) is 9.54. The van der Waals surface area contributed by atoms with Gasteiger partial charge in [-0.3, -0.25) is 14.9 Å². The van der Waals surface area contributed by atoms with E-state index in [1.807, 2.05) is 0 Å². The lowest BCUT2D eigenvalue weighted by Gasteiger charge is -2.10. The second-order valence-electron chi connectivity index (χ2n) is 4.84. The maximum atomic E-state index is 11.6. The first-order chi connectivity index (χ1) is 10.6. The Morgan fingerprint density at radius 2 is 1.68 bits per heavy atom. The van der Waals surface area contributed by atoms with Gasteiger partial charge in [-0.25, -0.2) is 0 Å². The van der Waals surface area contributed by atoms with Crippen LogP contribution in [0.3, 0.4) is 0 Å². The number of benzene rings is 2. The van der Waals surface area contributed by atoms with Crippen LogP contribution in [-0.4, -0.2) is 29.4 Å². The summed E-state index contributed by atoms with van der Waals surface area (Å²) in [5.74, 6) is 0.00807. The Kier molecular flexibility index (Phi) is 3.66. The van der Waals surface area contributed by atoms with Crippen LogP contribution in [0.4, 0.5) is 0 Å². The summed E-state index contributed by atoms with van der Waals surface area (Å²) < 4.78 is 5.65. The minimum Gasteiger partial charge on any atom is -0.457 e. The number of aliphatic hydroxyl groups excluding tert-OH is 1. The molecule has 0 fully saturated rings. The van der Waals surface area contributed by atoms with Gasteiger partial charge in [0.15, 0.2) is 0 Å². The van der Waals surface area contributed by atoms with E-state index < -0.39 is 11.8 Å². The summed E-state index contributed by atoms with van der Waals surface area (Å²) >= 11 is 0. The Hall–Kier alpha value is -2.64. The normalized spacial score (nSPS) is 12.8. The average Bonchev–Trinajstić information content (AvgIpc) is 2.81. The smallest absolute Gasteiger partial charge is 0.305 e. The third kappa shape index (κ3) is 2.47. The molecule has 0 saturated heterocycles. The van der Waals surface area contributed by atoms with Gasteiger partial charge < -0.3 is 14.9 Å². The van der Waals surface area contributed by atoms with Gasteiger partial charge in [0, 0.05) is 0 Å². The Morgan fingerprint density at radius 1 is 1.00 bits per heavy atom. The third-order valence-corrected chi connectivity index (χ3v) is 3.46. The zero-order valence-electron chi connectivity index (χ0n) is 11.5. The molecule has 3 rings (SSSR count). The minimum atomic E-state index is -0.447. The van der Waals surface area contributed by atoms with Gasteiger partial charge in [0.25, 0.3) is 11.8 Å². The number of hydrogen-bond donors (Lipinski definition) is 3. The van der Waals surface area contributed by atoms with Crippen molar-refractivity contribution in [2.24, 2.45) is 0 Å². The molecule has 1 heterocycles. The first-order valence-electron chi connectivity index (χ1n) is 6.63. The van der Waals surface area contributed by atoms with E-state index in [0.29, 0.717) is 28.1 Å². The molecular formula is C15H12BNO5. The monoisotopic (exact) mass is 297 g/mol. The predicted octanol–water partition coefficient (Wildman–Crippen LogP) is -0.176. The number of amides is 2. The fourth-order valence-corrected chi connectivity index (χ4v) is 2.31. The maximum Gasteiger partial charge on any atom is 0.305 e. The zero-order chi connectivity index (χ0) is 15.7. The summed E-state index contributed by atoms with van der Waals surface area (Å²) in [5.41, 5.74) is 1.78. The molecule has 2 amide bonds. The molecule has 0 unspecified atom stereocenters. The number of fused-ring (bicyclic) bond motifs is 1. The molecule has 0 aliphatic carbocycles. The van der Waals surface area contributed by atoms with Crippen LogP contribution in [0, 0.1) is 0 Å². The van der Waals surface area contributed by atoms with Crippen molar-refractivity contribution in [2.45, 2.75) is 6.61 Å². The average molecular weight is 297 g/mol. The van der Waals surface area contributed by atoms with Crippen molar-refractivity contribution in [3.05, 3.63) is 53.1 Å². The summed E-state index contributed by atoms with van der Waals surface area (Å²) in [6.07, 6.45) is 0. The van der Waals surface area contributed by atoms with Crippen molar-refractivity contribution in [3.63, 3.8) is 0 Å². The van der Waals surface area contributed by atoms with E-state index in [1.54, 1.807) is 24.3 Å². The molecular weight excluding hydrogens is 285 g/mol. The Bertz CT molecular complexity index is 775. The summed E-state index contributed by atoms with van der Waals surface area (Å²) in [5, 5.41) is 20.6. The van der Waals surface area contributed by atoms with Gasteiger partial charge in [0.1, 0.15) is 11.5 Å². The lowest BCUT2D eigenvalue weighted by Crippen LogP contribution is -2.19. The third-order valence-electron chi connectivity index (χ3n) is 3.46. The molecule has 0 saturated carbocycles. The Labute approximate surface area is 126 Å². The molecule has 0 atom stereocenters. The summed E-state index contributed by atoms with van der Waals surface area (Å²) in [7, 11) is -0.169. The van der Waals surface area contributed by atoms with Gasteiger partial charge in [-0.1, -0.05) is 6.07 Å². The Balaban J connectivity index is 1.90. The van der Waals surface area contributed by atoms with E-state index in [9.17, 15) is 14.7 Å². The number of imide groups is 1. The highest BCUT2D eigenvalue weighted by atomic mass is 16.5. The largest absolute Gasteiger partial charge is 0.457 e. The number of nitrogens with one attached hydrogen (secondary N) is 1. The first-order valence-corrected chi connectivity index (χ1v) is 6.63. The molecule has 2 aromatic carbocycles. The first kappa shape index (κ1) is 14.3. The van der Waals surface area contributed by atoms with Crippen LogP contribution in [0.2, 0.25) is 0 Å². The standard InChI is InChI=1S/C15H12BNO5/c18-7-8-5-9(2-4-13(8)16-21)22-10-1-3-11-12(6-10)15(20)17-14(11)19/h1-6,16,18,21H,7H2,(H,17,19,20). The van der Waals surface area contributed by atoms with Crippen LogP contribution in [0.1, 0.15) is 26.3 Å². The van der Waals surface area contributed by atoms with E-state index in [-0.39, 0.29) is 19.7 Å². The molecule has 22 heavy (non-hydrogen) atoms. The van der Waals surface area contributed by atoms with Gasteiger partial charge in [0.05, 0.1) is 17.7 Å². The zero-order valence-corrected chi connectivity index (χ0v) is 11.5. The quantitative estimate of drug-likeness (QED) is 0.537. The number of carbonyl (C=O) groups excluding carboxylic acids is 2. The molecule has 2 aromatic rings. The van der Waals surface area contributed by atoms with Crippen molar-refractivity contribution in [3.8, 4) is 11.5 Å². The van der Waals surface area contributed by atoms with Gasteiger partial charge >= 0.3 is 7.48 Å². The minimum absolute atomic E-state index is 0.169. The molecule has 7 heteroatoms. The molecule has 110 valence electrons. The van der Waals surface area contributed by atoms with Crippen LogP contribution in [0.5, 0.6) is 11.5 Å². The molecule has 0 radical (unpaired) electrons. The van der Waals surface area contributed by atoms with Crippen LogP contribution >= 0.6 is 0 Å². The van der Waals surface area contributed by atoms with Gasteiger partial charge in [-0.2, -0.15) is 0 Å². The molecule has 0 spiro atoms. The van der Waals surface area contributed by atoms with Crippen molar-refractivity contribution in [2.75, 3.05) is 0 Å². The van der Waals surface area contributed by atoms with Crippen LogP contribution in [0.25, 0.3) is 0 Å². The van der Waals surface area contributed by atoms with Crippen LogP contribution in [0.15, 0.2) is 36.4 Å². The lowest BCUT2D eigenvalue weighted by molar-refractivity contribution is 0.0879. The van der Waals surface area contributed by atoms with E-state index in [2.05, 4.69) is 5.32 Å². The maximum absolute atomic E-state index is 11.6. The number of rotatable bonds is 4. The Morgan fingerprint density at radius 3 is 2.41 bits per heavy atom. The number of carbonyl (C=O) groups is 2. The lowest BCUT2D eigenvalue weighted by atomic mass is 9.84. The number of hydrogen-bond acceptors (Lipinski definition) is 5. The van der Waals surface area contributed by atoms with Gasteiger partial charge in [-0.15, -0.1) is 0 Å². The summed E-state index contributed by atoms with van der Waals surface area (Å²) in [6.45, 7) is -0.214. The molecule has 3 N–H and O–H groups in total. The topological polar surface area (TPSA) is 95.9 Å². The van der Waals surface area contributed by atoms with Crippen molar-refractivity contribution >= 4 is 24.8 Å². The number of aliphatic hydroxyl groups is 1. The molecule has 1 aliphatic rings. The molecule has 0 bridgehead atoms. The van der Waals surface area contributed by atoms with E-state index >= 15 is 0 Å². The molecule has 1 aliphatic heterocycles. The summed E-state index contributed by atoms with van der Waals surface area (Å²) in [4.78, 5) is 23.1. The van der Waals surface area contributed by atoms with E-state index in [4.69, 9.17) is 9.76 Å². The number of ether oxygens (including phenoxy) is 1. The fourth-order valence-electron chi connectivity index (χ4n) is 2.31. The highest BCUT2D eigenvalue weighted by Crippen LogP contribution is 2.26. The van der Waals surface area contributed by atoms with Crippen molar-refractivity contribution < 1.29 is 24.5 Å². The molecule has 6 nitrogen and oxygen atoms in total. The van der Waals surface area contributed by atoms with E-state index in [0.717, 1.165) is 0 Å². The van der Waals surface area contributed by atoms with Gasteiger partial charge in [-0.05, 0) is 41.4 Å². The fraction of sp³-hybridized carbons (Fsp3) is 0.0667. The SMILES string of the molecule is O=C1NC(=O)c2cc(Oc3ccc(BO)c(CO)c3)ccc21. The van der Waals surface area contributed by atoms with Crippen LogP contribution in [-0.2, 0) is 6.61 Å². The van der Waals surface area contributed by atoms with E-state index in [1.165, 1.54) is 12.1 Å². The van der Waals surface area contributed by atoms with Crippen molar-refractivity contribution in [1.29, 1.82) is 0 Å². The van der Waals surface area contributed by atoms with Crippen molar-refractivity contribution in [1.82, 2.24) is 5.32 Å². The predicted molar refractivity (Wildman–Crippen MR) is 79.7 cm³/mol. The second-order valence-corrected chi connectivity index (χ2v) is 4.84.